The molecule has 112 valence electrons. The molecule has 7 heteroatoms. The van der Waals surface area contributed by atoms with Crippen LogP contribution in [0.2, 0.25) is 0 Å². The van der Waals surface area contributed by atoms with Crippen molar-refractivity contribution in [2.45, 2.75) is 32.4 Å². The number of aliphatic carboxylic acids is 1. The molecular formula is C12H24N2O4S. The van der Waals surface area contributed by atoms with Gasteiger partial charge in [0.2, 0.25) is 0 Å². The van der Waals surface area contributed by atoms with Crippen molar-refractivity contribution in [1.82, 2.24) is 10.2 Å². The third kappa shape index (κ3) is 8.72. The number of likely N-dealkylation sites (N-methyl/N-ethyl adjacent to an activating group) is 1. The van der Waals surface area contributed by atoms with Gasteiger partial charge in [-0.25, -0.2) is 9.59 Å². The number of thioether (sulfide) groups is 1. The van der Waals surface area contributed by atoms with Crippen LogP contribution in [0.3, 0.4) is 0 Å². The second-order valence-corrected chi connectivity index (χ2v) is 5.45. The lowest BCUT2D eigenvalue weighted by molar-refractivity contribution is -0.139. The van der Waals surface area contributed by atoms with Crippen molar-refractivity contribution in [3.63, 3.8) is 0 Å². The molecule has 2 N–H and O–H groups in total. The molecule has 2 amide bonds. The van der Waals surface area contributed by atoms with Crippen LogP contribution in [0.25, 0.3) is 0 Å². The zero-order chi connectivity index (χ0) is 14.8. The van der Waals surface area contributed by atoms with Crippen LogP contribution >= 0.6 is 11.8 Å². The molecule has 0 aromatic rings. The van der Waals surface area contributed by atoms with Gasteiger partial charge in [0, 0.05) is 13.6 Å². The molecule has 0 saturated carbocycles. The standard InChI is InChI=1S/C12H24N2O4S/c1-9(2)18-7-6-14(3)12(17)13-10(11(15)16)5-8-19-4/h9-10H,5-8H2,1-4H3,(H,13,17)(H,15,16)/t10-/m1/s1. The molecule has 0 aliphatic rings. The van der Waals surface area contributed by atoms with Crippen LogP contribution in [0.1, 0.15) is 20.3 Å². The van der Waals surface area contributed by atoms with Gasteiger partial charge in [0.1, 0.15) is 6.04 Å². The number of carboxylic acid groups (broad SMARTS) is 1. The Morgan fingerprint density at radius 2 is 2.05 bits per heavy atom. The average molecular weight is 292 g/mol. The molecular weight excluding hydrogens is 268 g/mol. The number of urea groups is 1. The highest BCUT2D eigenvalue weighted by atomic mass is 32.2. The van der Waals surface area contributed by atoms with Crippen LogP contribution in [0, 0.1) is 0 Å². The van der Waals surface area contributed by atoms with Crippen molar-refractivity contribution in [2.24, 2.45) is 0 Å². The first-order valence-corrected chi connectivity index (χ1v) is 7.62. The number of carbonyl (C=O) groups excluding carboxylic acids is 1. The number of ether oxygens (including phenoxy) is 1. The Morgan fingerprint density at radius 1 is 1.42 bits per heavy atom. The van der Waals surface area contributed by atoms with Gasteiger partial charge in [0.05, 0.1) is 12.7 Å². The molecule has 0 aromatic carbocycles. The SMILES string of the molecule is CSCC[C@@H](NC(=O)N(C)CCOC(C)C)C(=O)O. The molecule has 0 spiro atoms. The van der Waals surface area contributed by atoms with Crippen molar-refractivity contribution < 1.29 is 19.4 Å². The highest BCUT2D eigenvalue weighted by Crippen LogP contribution is 2.02. The molecule has 0 heterocycles. The van der Waals surface area contributed by atoms with Crippen LogP contribution in [-0.4, -0.2) is 66.4 Å². The van der Waals surface area contributed by atoms with E-state index in [1.54, 1.807) is 18.8 Å². The minimum atomic E-state index is -1.01. The number of hydrogen-bond acceptors (Lipinski definition) is 4. The van der Waals surface area contributed by atoms with E-state index < -0.39 is 12.0 Å². The summed E-state index contributed by atoms with van der Waals surface area (Å²) in [5, 5.41) is 11.5. The maximum absolute atomic E-state index is 11.8. The van der Waals surface area contributed by atoms with Crippen molar-refractivity contribution in [2.75, 3.05) is 32.2 Å². The summed E-state index contributed by atoms with van der Waals surface area (Å²) in [4.78, 5) is 24.2. The number of rotatable bonds is 9. The molecule has 0 bridgehead atoms. The summed E-state index contributed by atoms with van der Waals surface area (Å²) in [5.74, 6) is -0.313. The van der Waals surface area contributed by atoms with Crippen LogP contribution in [0.4, 0.5) is 4.79 Å². The molecule has 0 unspecified atom stereocenters. The number of hydrogen-bond donors (Lipinski definition) is 2. The Bertz CT molecular complexity index is 287. The van der Waals surface area contributed by atoms with E-state index in [1.807, 2.05) is 20.1 Å². The predicted molar refractivity (Wildman–Crippen MR) is 76.7 cm³/mol. The van der Waals surface area contributed by atoms with Gasteiger partial charge in [0.25, 0.3) is 0 Å². The number of nitrogens with zero attached hydrogens (tertiary/aromatic N) is 1. The second kappa shape index (κ2) is 9.91. The molecule has 0 aliphatic carbocycles. The lowest BCUT2D eigenvalue weighted by Gasteiger charge is -2.21. The van der Waals surface area contributed by atoms with Gasteiger partial charge >= 0.3 is 12.0 Å². The largest absolute Gasteiger partial charge is 0.480 e. The van der Waals surface area contributed by atoms with E-state index in [1.165, 1.54) is 4.90 Å². The Kier molecular flexibility index (Phi) is 9.42. The van der Waals surface area contributed by atoms with Crippen molar-refractivity contribution in [1.29, 1.82) is 0 Å². The van der Waals surface area contributed by atoms with E-state index in [2.05, 4.69) is 5.32 Å². The van der Waals surface area contributed by atoms with Crippen LogP contribution in [0.15, 0.2) is 0 Å². The zero-order valence-electron chi connectivity index (χ0n) is 12.0. The summed E-state index contributed by atoms with van der Waals surface area (Å²) >= 11 is 1.55. The van der Waals surface area contributed by atoms with Crippen LogP contribution in [0.5, 0.6) is 0 Å². The Labute approximate surface area is 118 Å². The van der Waals surface area contributed by atoms with E-state index in [0.717, 1.165) is 0 Å². The maximum Gasteiger partial charge on any atom is 0.326 e. The Hall–Kier alpha value is -0.950. The van der Waals surface area contributed by atoms with E-state index >= 15 is 0 Å². The molecule has 0 saturated heterocycles. The predicted octanol–water partition coefficient (Wildman–Crippen LogP) is 1.26. The van der Waals surface area contributed by atoms with Gasteiger partial charge in [-0.1, -0.05) is 0 Å². The number of carboxylic acids is 1. The second-order valence-electron chi connectivity index (χ2n) is 4.46. The van der Waals surface area contributed by atoms with Crippen molar-refractivity contribution in [3.05, 3.63) is 0 Å². The summed E-state index contributed by atoms with van der Waals surface area (Å²) in [6.07, 6.45) is 2.43. The van der Waals surface area contributed by atoms with Gasteiger partial charge in [-0.05, 0) is 32.3 Å². The van der Waals surface area contributed by atoms with Gasteiger partial charge in [-0.2, -0.15) is 11.8 Å². The van der Waals surface area contributed by atoms with Gasteiger partial charge in [-0.3, -0.25) is 0 Å². The first-order valence-electron chi connectivity index (χ1n) is 6.23. The summed E-state index contributed by atoms with van der Waals surface area (Å²) < 4.78 is 5.34. The fourth-order valence-corrected chi connectivity index (χ4v) is 1.75. The van der Waals surface area contributed by atoms with E-state index in [0.29, 0.717) is 25.3 Å². The maximum atomic E-state index is 11.8. The first kappa shape index (κ1) is 18.0. The van der Waals surface area contributed by atoms with E-state index in [9.17, 15) is 9.59 Å². The summed E-state index contributed by atoms with van der Waals surface area (Å²) in [6, 6.07) is -1.23. The van der Waals surface area contributed by atoms with E-state index in [4.69, 9.17) is 9.84 Å². The van der Waals surface area contributed by atoms with Gasteiger partial charge in [-0.15, -0.1) is 0 Å². The lowest BCUT2D eigenvalue weighted by Crippen LogP contribution is -2.47. The third-order valence-electron chi connectivity index (χ3n) is 2.43. The molecule has 0 aliphatic heterocycles. The number of carbonyl (C=O) groups is 2. The fourth-order valence-electron chi connectivity index (χ4n) is 1.28. The number of nitrogens with one attached hydrogen (secondary N) is 1. The van der Waals surface area contributed by atoms with Crippen LogP contribution < -0.4 is 5.32 Å². The van der Waals surface area contributed by atoms with Crippen molar-refractivity contribution >= 4 is 23.8 Å². The highest BCUT2D eigenvalue weighted by molar-refractivity contribution is 7.98. The minimum absolute atomic E-state index is 0.116. The Balaban J connectivity index is 4.12. The quantitative estimate of drug-likeness (QED) is 0.669. The molecule has 0 radical (unpaired) electrons. The van der Waals surface area contributed by atoms with Crippen LogP contribution in [-0.2, 0) is 9.53 Å². The summed E-state index contributed by atoms with van der Waals surface area (Å²) in [7, 11) is 1.62. The lowest BCUT2D eigenvalue weighted by atomic mass is 10.2. The van der Waals surface area contributed by atoms with Crippen molar-refractivity contribution in [3.8, 4) is 0 Å². The molecule has 0 rings (SSSR count). The first-order chi connectivity index (χ1) is 8.88. The molecule has 0 aromatic heterocycles. The monoisotopic (exact) mass is 292 g/mol. The summed E-state index contributed by atoms with van der Waals surface area (Å²) in [6.45, 7) is 4.70. The van der Waals surface area contributed by atoms with Gasteiger partial charge in [0.15, 0.2) is 0 Å². The molecule has 19 heavy (non-hydrogen) atoms. The van der Waals surface area contributed by atoms with Gasteiger partial charge < -0.3 is 20.1 Å². The minimum Gasteiger partial charge on any atom is -0.480 e. The van der Waals surface area contributed by atoms with E-state index in [-0.39, 0.29) is 12.1 Å². The third-order valence-corrected chi connectivity index (χ3v) is 3.07. The molecule has 0 fully saturated rings. The molecule has 1 atom stereocenters. The molecule has 6 nitrogen and oxygen atoms in total. The average Bonchev–Trinajstić information content (AvgIpc) is 2.33. The number of amides is 2. The Morgan fingerprint density at radius 3 is 2.53 bits per heavy atom. The zero-order valence-corrected chi connectivity index (χ0v) is 12.8. The fraction of sp³-hybridized carbons (Fsp3) is 0.833. The smallest absolute Gasteiger partial charge is 0.326 e. The normalized spacial score (nSPS) is 12.3. The summed E-state index contributed by atoms with van der Waals surface area (Å²) in [5.41, 5.74) is 0. The topological polar surface area (TPSA) is 78.9 Å². The highest BCUT2D eigenvalue weighted by Gasteiger charge is 2.21.